The number of carbonyl (C=O) groups is 2. The van der Waals surface area contributed by atoms with Crippen LogP contribution < -0.4 is 10.2 Å². The number of aryl methyl sites for hydroxylation is 1. The van der Waals surface area contributed by atoms with Crippen LogP contribution in [0.2, 0.25) is 0 Å². The monoisotopic (exact) mass is 348 g/mol. The van der Waals surface area contributed by atoms with E-state index in [1.807, 2.05) is 43.1 Å². The molecular formula is C20H34N3O2+. The molecular weight excluding hydrogens is 314 g/mol. The average molecular weight is 349 g/mol. The summed E-state index contributed by atoms with van der Waals surface area (Å²) in [5, 5.41) is 2.89. The van der Waals surface area contributed by atoms with Gasteiger partial charge in [-0.15, -0.1) is 0 Å². The Kier molecular flexibility index (Phi) is 8.62. The third-order valence-electron chi connectivity index (χ3n) is 4.67. The maximum absolute atomic E-state index is 12.7. The van der Waals surface area contributed by atoms with Crippen molar-refractivity contribution in [3.63, 3.8) is 0 Å². The Labute approximate surface area is 152 Å². The molecule has 1 rings (SSSR count). The van der Waals surface area contributed by atoms with E-state index in [-0.39, 0.29) is 30.4 Å². The SMILES string of the molecule is CC[C@@H](C)N(C(=O)C[NH+](C)CC(=O)Nc1ccc(C)cc1)[C@H](C)CC. The van der Waals surface area contributed by atoms with Crippen molar-refractivity contribution in [3.8, 4) is 0 Å². The second-order valence-electron chi connectivity index (χ2n) is 7.04. The molecule has 5 heteroatoms. The number of hydrogen-bond donors (Lipinski definition) is 2. The molecule has 3 atom stereocenters. The molecule has 5 nitrogen and oxygen atoms in total. The van der Waals surface area contributed by atoms with E-state index in [0.717, 1.165) is 29.0 Å². The number of rotatable bonds is 9. The van der Waals surface area contributed by atoms with E-state index in [0.29, 0.717) is 6.54 Å². The predicted octanol–water partition coefficient (Wildman–Crippen LogP) is 1.87. The number of nitrogens with zero attached hydrogens (tertiary/aromatic N) is 1. The molecule has 0 saturated carbocycles. The topological polar surface area (TPSA) is 53.9 Å². The lowest BCUT2D eigenvalue weighted by molar-refractivity contribution is -0.862. The molecule has 0 aromatic heterocycles. The van der Waals surface area contributed by atoms with Crippen LogP contribution in [0.3, 0.4) is 0 Å². The van der Waals surface area contributed by atoms with Gasteiger partial charge >= 0.3 is 0 Å². The van der Waals surface area contributed by atoms with Gasteiger partial charge in [0.2, 0.25) is 0 Å². The summed E-state index contributed by atoms with van der Waals surface area (Å²) in [6.07, 6.45) is 1.87. The molecule has 1 aromatic rings. The van der Waals surface area contributed by atoms with E-state index in [1.54, 1.807) is 0 Å². The van der Waals surface area contributed by atoms with Crippen molar-refractivity contribution in [2.24, 2.45) is 0 Å². The lowest BCUT2D eigenvalue weighted by Crippen LogP contribution is -3.11. The van der Waals surface area contributed by atoms with E-state index >= 15 is 0 Å². The number of hydrogen-bond acceptors (Lipinski definition) is 2. The minimum absolute atomic E-state index is 0.0761. The summed E-state index contributed by atoms with van der Waals surface area (Å²) >= 11 is 0. The number of carbonyl (C=O) groups excluding carboxylic acids is 2. The number of anilines is 1. The highest BCUT2D eigenvalue weighted by Gasteiger charge is 2.26. The zero-order valence-electron chi connectivity index (χ0n) is 16.6. The molecule has 2 N–H and O–H groups in total. The zero-order valence-corrected chi connectivity index (χ0v) is 16.6. The molecule has 0 radical (unpaired) electrons. The van der Waals surface area contributed by atoms with Gasteiger partial charge in [0, 0.05) is 17.8 Å². The average Bonchev–Trinajstić information content (AvgIpc) is 2.56. The van der Waals surface area contributed by atoms with Gasteiger partial charge in [0.05, 0.1) is 7.05 Å². The molecule has 0 fully saturated rings. The first-order valence-corrected chi connectivity index (χ1v) is 9.27. The largest absolute Gasteiger partial charge is 0.332 e. The fourth-order valence-corrected chi connectivity index (χ4v) is 2.85. The van der Waals surface area contributed by atoms with Gasteiger partial charge in [-0.25, -0.2) is 0 Å². The minimum Gasteiger partial charge on any atom is -0.332 e. The fraction of sp³-hybridized carbons (Fsp3) is 0.600. The highest BCUT2D eigenvalue weighted by molar-refractivity contribution is 5.91. The molecule has 0 bridgehead atoms. The highest BCUT2D eigenvalue weighted by Crippen LogP contribution is 2.11. The molecule has 0 aliphatic heterocycles. The molecule has 1 aromatic carbocycles. The number of benzene rings is 1. The van der Waals surface area contributed by atoms with Crippen LogP contribution in [0.4, 0.5) is 5.69 Å². The maximum Gasteiger partial charge on any atom is 0.279 e. The van der Waals surface area contributed by atoms with Crippen LogP contribution in [0.15, 0.2) is 24.3 Å². The number of amides is 2. The molecule has 0 aliphatic rings. The summed E-state index contributed by atoms with van der Waals surface area (Å²) in [5.41, 5.74) is 1.94. The lowest BCUT2D eigenvalue weighted by Gasteiger charge is -2.34. The Bertz CT molecular complexity index is 547. The van der Waals surface area contributed by atoms with Crippen molar-refractivity contribution in [3.05, 3.63) is 29.8 Å². The van der Waals surface area contributed by atoms with Gasteiger partial charge in [-0.05, 0) is 45.7 Å². The first-order valence-electron chi connectivity index (χ1n) is 9.27. The van der Waals surface area contributed by atoms with Crippen LogP contribution >= 0.6 is 0 Å². The Morgan fingerprint density at radius 1 is 1.04 bits per heavy atom. The van der Waals surface area contributed by atoms with Crippen molar-refractivity contribution < 1.29 is 14.5 Å². The van der Waals surface area contributed by atoms with Gasteiger partial charge in [-0.2, -0.15) is 0 Å². The highest BCUT2D eigenvalue weighted by atomic mass is 16.2. The van der Waals surface area contributed by atoms with E-state index in [2.05, 4.69) is 33.0 Å². The Morgan fingerprint density at radius 3 is 2.04 bits per heavy atom. The molecule has 0 saturated heterocycles. The van der Waals surface area contributed by atoms with E-state index in [1.165, 1.54) is 0 Å². The van der Waals surface area contributed by atoms with Crippen LogP contribution in [0.1, 0.15) is 46.1 Å². The summed E-state index contributed by atoms with van der Waals surface area (Å²) in [6, 6.07) is 8.15. The van der Waals surface area contributed by atoms with Crippen LogP contribution in [-0.4, -0.2) is 48.9 Å². The quantitative estimate of drug-likeness (QED) is 0.716. The molecule has 25 heavy (non-hydrogen) atoms. The number of likely N-dealkylation sites (N-methyl/N-ethyl adjacent to an activating group) is 1. The normalized spacial score (nSPS) is 14.5. The number of nitrogens with one attached hydrogen (secondary N) is 2. The number of quaternary nitrogens is 1. The first kappa shape index (κ1) is 21.2. The van der Waals surface area contributed by atoms with Gasteiger partial charge in [-0.1, -0.05) is 31.5 Å². The lowest BCUT2D eigenvalue weighted by atomic mass is 10.1. The molecule has 0 heterocycles. The molecule has 140 valence electrons. The third kappa shape index (κ3) is 6.86. The van der Waals surface area contributed by atoms with Crippen molar-refractivity contribution in [1.29, 1.82) is 0 Å². The molecule has 0 aliphatic carbocycles. The van der Waals surface area contributed by atoms with Crippen molar-refractivity contribution >= 4 is 17.5 Å². The summed E-state index contributed by atoms with van der Waals surface area (Å²) in [5.74, 6) is 0.0390. The van der Waals surface area contributed by atoms with Crippen molar-refractivity contribution in [2.75, 3.05) is 25.5 Å². The molecule has 0 spiro atoms. The Balaban J connectivity index is 2.58. The van der Waals surface area contributed by atoms with Gasteiger partial charge in [0.15, 0.2) is 13.1 Å². The van der Waals surface area contributed by atoms with Gasteiger partial charge < -0.3 is 15.1 Å². The van der Waals surface area contributed by atoms with Crippen LogP contribution in [0, 0.1) is 6.92 Å². The second-order valence-corrected chi connectivity index (χ2v) is 7.04. The Hall–Kier alpha value is -1.88. The smallest absolute Gasteiger partial charge is 0.279 e. The second kappa shape index (κ2) is 10.2. The zero-order chi connectivity index (χ0) is 19.0. The third-order valence-corrected chi connectivity index (χ3v) is 4.67. The van der Waals surface area contributed by atoms with Gasteiger partial charge in [-0.3, -0.25) is 9.59 Å². The van der Waals surface area contributed by atoms with Crippen molar-refractivity contribution in [1.82, 2.24) is 4.90 Å². The van der Waals surface area contributed by atoms with E-state index in [9.17, 15) is 9.59 Å². The first-order chi connectivity index (χ1) is 11.8. The van der Waals surface area contributed by atoms with Crippen LogP contribution in [-0.2, 0) is 9.59 Å². The summed E-state index contributed by atoms with van der Waals surface area (Å²) in [4.78, 5) is 27.8. The van der Waals surface area contributed by atoms with Gasteiger partial charge in [0.25, 0.3) is 11.8 Å². The van der Waals surface area contributed by atoms with E-state index < -0.39 is 0 Å². The van der Waals surface area contributed by atoms with Crippen molar-refractivity contribution in [2.45, 2.75) is 59.5 Å². The maximum atomic E-state index is 12.7. The minimum atomic E-state index is -0.0761. The van der Waals surface area contributed by atoms with Crippen LogP contribution in [0.5, 0.6) is 0 Å². The predicted molar refractivity (Wildman–Crippen MR) is 103 cm³/mol. The van der Waals surface area contributed by atoms with Crippen LogP contribution in [0.25, 0.3) is 0 Å². The molecule has 2 amide bonds. The fourth-order valence-electron chi connectivity index (χ4n) is 2.85. The summed E-state index contributed by atoms with van der Waals surface area (Å²) in [7, 11) is 1.89. The Morgan fingerprint density at radius 2 is 1.56 bits per heavy atom. The van der Waals surface area contributed by atoms with E-state index in [4.69, 9.17) is 0 Å². The summed E-state index contributed by atoms with van der Waals surface area (Å²) < 4.78 is 0. The molecule has 1 unspecified atom stereocenters. The standard InChI is InChI=1S/C20H33N3O2/c1-7-16(4)23(17(5)8-2)20(25)14-22(6)13-19(24)21-18-11-9-15(3)10-12-18/h9-12,16-17H,7-8,13-14H2,1-6H3,(H,21,24)/p+1/t16-,17-/m1/s1. The van der Waals surface area contributed by atoms with Gasteiger partial charge in [0.1, 0.15) is 0 Å². The summed E-state index contributed by atoms with van der Waals surface area (Å²) in [6.45, 7) is 11.0.